The maximum Gasteiger partial charge on any atom is 0.255 e. The van der Waals surface area contributed by atoms with Gasteiger partial charge in [-0.1, -0.05) is 0 Å². The first kappa shape index (κ1) is 15.7. The molecule has 0 aromatic carbocycles. The second-order valence-corrected chi connectivity index (χ2v) is 6.18. The summed E-state index contributed by atoms with van der Waals surface area (Å²) < 4.78 is 28.4. The lowest BCUT2D eigenvalue weighted by Crippen LogP contribution is -2.42. The highest BCUT2D eigenvalue weighted by Gasteiger charge is 2.35. The molecule has 0 unspecified atom stereocenters. The Morgan fingerprint density at radius 1 is 1.16 bits per heavy atom. The predicted molar refractivity (Wildman–Crippen MR) is 88.9 cm³/mol. The molecule has 0 spiro atoms. The molecular weight excluding hydrogens is 326 g/mol. The molecule has 1 amide bonds. The first-order chi connectivity index (χ1) is 12.0. The molecule has 0 N–H and O–H groups in total. The van der Waals surface area contributed by atoms with E-state index in [0.717, 1.165) is 16.7 Å². The molecule has 1 fully saturated rings. The van der Waals surface area contributed by atoms with E-state index < -0.39 is 5.92 Å². The van der Waals surface area contributed by atoms with Gasteiger partial charge < -0.3 is 4.90 Å². The first-order valence-electron chi connectivity index (χ1n) is 8.08. The van der Waals surface area contributed by atoms with Crippen molar-refractivity contribution in [2.45, 2.75) is 18.8 Å². The Kier molecular flexibility index (Phi) is 3.71. The molecule has 1 aliphatic rings. The van der Waals surface area contributed by atoms with Crippen LogP contribution in [0.25, 0.3) is 16.7 Å². The predicted octanol–water partition coefficient (Wildman–Crippen LogP) is 3.29. The molecule has 0 saturated carbocycles. The lowest BCUT2D eigenvalue weighted by molar-refractivity contribution is -0.0494. The quantitative estimate of drug-likeness (QED) is 0.718. The van der Waals surface area contributed by atoms with E-state index >= 15 is 0 Å². The van der Waals surface area contributed by atoms with E-state index in [4.69, 9.17) is 0 Å². The number of carbonyl (C=O) groups is 1. The van der Waals surface area contributed by atoms with Gasteiger partial charge in [0, 0.05) is 49.9 Å². The van der Waals surface area contributed by atoms with Crippen LogP contribution in [0.4, 0.5) is 8.78 Å². The number of likely N-dealkylation sites (tertiary alicyclic amines) is 1. The Hall–Kier alpha value is -2.83. The van der Waals surface area contributed by atoms with Crippen LogP contribution in [-0.4, -0.2) is 44.4 Å². The minimum Gasteiger partial charge on any atom is -0.338 e. The summed E-state index contributed by atoms with van der Waals surface area (Å²) in [6.07, 6.45) is 6.22. The number of hydrogen-bond acceptors (Lipinski definition) is 3. The summed E-state index contributed by atoms with van der Waals surface area (Å²) in [6.45, 7) is 0.140. The zero-order valence-electron chi connectivity index (χ0n) is 13.4. The van der Waals surface area contributed by atoms with Crippen LogP contribution < -0.4 is 0 Å². The lowest BCUT2D eigenvalue weighted by atomic mass is 10.1. The fourth-order valence-electron chi connectivity index (χ4n) is 3.07. The van der Waals surface area contributed by atoms with E-state index in [0.29, 0.717) is 5.56 Å². The van der Waals surface area contributed by atoms with Crippen molar-refractivity contribution in [3.8, 4) is 5.69 Å². The summed E-state index contributed by atoms with van der Waals surface area (Å²) in [7, 11) is 0. The van der Waals surface area contributed by atoms with Crippen LogP contribution in [-0.2, 0) is 0 Å². The van der Waals surface area contributed by atoms with Gasteiger partial charge in [-0.05, 0) is 24.3 Å². The third-order valence-corrected chi connectivity index (χ3v) is 4.48. The summed E-state index contributed by atoms with van der Waals surface area (Å²) in [4.78, 5) is 22.5. The van der Waals surface area contributed by atoms with Crippen LogP contribution in [0.3, 0.4) is 0 Å². The van der Waals surface area contributed by atoms with Crippen molar-refractivity contribution >= 4 is 16.9 Å². The van der Waals surface area contributed by atoms with Gasteiger partial charge >= 0.3 is 0 Å². The molecular formula is C18H16F2N4O. The van der Waals surface area contributed by atoms with Crippen LogP contribution in [0, 0.1) is 0 Å². The maximum absolute atomic E-state index is 13.3. The van der Waals surface area contributed by atoms with Gasteiger partial charge in [-0.3, -0.25) is 14.3 Å². The smallest absolute Gasteiger partial charge is 0.255 e. The van der Waals surface area contributed by atoms with E-state index in [2.05, 4.69) is 9.97 Å². The molecule has 4 heterocycles. The van der Waals surface area contributed by atoms with Crippen LogP contribution in [0.5, 0.6) is 0 Å². The Morgan fingerprint density at radius 3 is 2.68 bits per heavy atom. The van der Waals surface area contributed by atoms with Crippen molar-refractivity contribution in [3.05, 3.63) is 54.6 Å². The van der Waals surface area contributed by atoms with Crippen LogP contribution in [0.15, 0.2) is 49.1 Å². The van der Waals surface area contributed by atoms with Gasteiger partial charge in [0.1, 0.15) is 5.65 Å². The molecule has 5 nitrogen and oxygen atoms in total. The zero-order chi connectivity index (χ0) is 17.4. The number of carbonyl (C=O) groups excluding carboxylic acids is 1. The van der Waals surface area contributed by atoms with Crippen LogP contribution in [0.2, 0.25) is 0 Å². The number of alkyl halides is 2. The lowest BCUT2D eigenvalue weighted by Gasteiger charge is -2.31. The van der Waals surface area contributed by atoms with Crippen molar-refractivity contribution in [2.75, 3.05) is 13.1 Å². The molecule has 4 rings (SSSR count). The number of nitrogens with zero attached hydrogens (tertiary/aromatic N) is 4. The molecule has 3 aromatic heterocycles. The summed E-state index contributed by atoms with van der Waals surface area (Å²) in [5.74, 6) is -2.92. The second kappa shape index (κ2) is 5.91. The number of rotatable bonds is 2. The molecule has 1 saturated heterocycles. The number of aromatic nitrogens is 3. The zero-order valence-corrected chi connectivity index (χ0v) is 13.4. The van der Waals surface area contributed by atoms with Gasteiger partial charge in [0.2, 0.25) is 0 Å². The van der Waals surface area contributed by atoms with Gasteiger partial charge in [0.15, 0.2) is 0 Å². The highest BCUT2D eigenvalue weighted by Crippen LogP contribution is 2.28. The minimum atomic E-state index is -2.67. The fourth-order valence-corrected chi connectivity index (χ4v) is 3.07. The number of hydrogen-bond donors (Lipinski definition) is 0. The van der Waals surface area contributed by atoms with Gasteiger partial charge in [-0.2, -0.15) is 0 Å². The SMILES string of the molecule is O=C(c1cnc2c(ccn2-c2cccnc2)c1)N1CCC(F)(F)CC1. The Labute approximate surface area is 142 Å². The van der Waals surface area contributed by atoms with Gasteiger partial charge in [-0.25, -0.2) is 13.8 Å². The largest absolute Gasteiger partial charge is 0.338 e. The van der Waals surface area contributed by atoms with E-state index in [1.807, 2.05) is 29.0 Å². The highest BCUT2D eigenvalue weighted by atomic mass is 19.3. The third-order valence-electron chi connectivity index (χ3n) is 4.48. The first-order valence-corrected chi connectivity index (χ1v) is 8.08. The Balaban J connectivity index is 1.61. The van der Waals surface area contributed by atoms with Gasteiger partial charge in [0.05, 0.1) is 17.4 Å². The number of amides is 1. The number of pyridine rings is 2. The van der Waals surface area contributed by atoms with E-state index in [9.17, 15) is 13.6 Å². The average molecular weight is 342 g/mol. The maximum atomic E-state index is 13.3. The highest BCUT2D eigenvalue weighted by molar-refractivity contribution is 5.97. The van der Waals surface area contributed by atoms with E-state index in [-0.39, 0.29) is 31.8 Å². The van der Waals surface area contributed by atoms with Crippen molar-refractivity contribution < 1.29 is 13.6 Å². The number of fused-ring (bicyclic) bond motifs is 1. The van der Waals surface area contributed by atoms with Crippen molar-refractivity contribution in [2.24, 2.45) is 0 Å². The standard InChI is InChI=1S/C18H16F2N4O/c19-18(20)4-8-23(9-5-18)17(25)14-10-13-3-7-24(16(13)22-11-14)15-2-1-6-21-12-15/h1-3,6-7,10-12H,4-5,8-9H2. The Morgan fingerprint density at radius 2 is 1.96 bits per heavy atom. The van der Waals surface area contributed by atoms with Crippen LogP contribution in [0.1, 0.15) is 23.2 Å². The number of piperidine rings is 1. The second-order valence-electron chi connectivity index (χ2n) is 6.18. The monoisotopic (exact) mass is 342 g/mol. The molecule has 3 aromatic rings. The normalized spacial score (nSPS) is 17.0. The molecule has 0 atom stereocenters. The average Bonchev–Trinajstić information content (AvgIpc) is 3.05. The molecule has 0 radical (unpaired) electrons. The topological polar surface area (TPSA) is 51.0 Å². The minimum absolute atomic E-state index is 0.0700. The van der Waals surface area contributed by atoms with E-state index in [1.165, 1.54) is 11.1 Å². The van der Waals surface area contributed by atoms with Crippen molar-refractivity contribution in [3.63, 3.8) is 0 Å². The summed E-state index contributed by atoms with van der Waals surface area (Å²) >= 11 is 0. The molecule has 25 heavy (non-hydrogen) atoms. The van der Waals surface area contributed by atoms with Gasteiger partial charge in [0.25, 0.3) is 11.8 Å². The number of halogens is 2. The molecule has 0 bridgehead atoms. The van der Waals surface area contributed by atoms with Gasteiger partial charge in [-0.15, -0.1) is 0 Å². The molecule has 7 heteroatoms. The summed E-state index contributed by atoms with van der Waals surface area (Å²) in [5.41, 5.74) is 2.01. The molecule has 0 aliphatic carbocycles. The van der Waals surface area contributed by atoms with E-state index in [1.54, 1.807) is 18.5 Å². The Bertz CT molecular complexity index is 913. The van der Waals surface area contributed by atoms with Crippen LogP contribution >= 0.6 is 0 Å². The van der Waals surface area contributed by atoms with Crippen molar-refractivity contribution in [1.82, 2.24) is 19.4 Å². The summed E-state index contributed by atoms with van der Waals surface area (Å²) in [6, 6.07) is 7.38. The van der Waals surface area contributed by atoms with Crippen molar-refractivity contribution in [1.29, 1.82) is 0 Å². The molecule has 1 aliphatic heterocycles. The summed E-state index contributed by atoms with van der Waals surface area (Å²) in [5, 5.41) is 0.817. The third kappa shape index (κ3) is 2.97. The fraction of sp³-hybridized carbons (Fsp3) is 0.278. The molecule has 128 valence electrons.